The number of imidazole rings is 1. The Morgan fingerprint density at radius 2 is 1.94 bits per heavy atom. The Morgan fingerprint density at radius 3 is 2.68 bits per heavy atom. The highest BCUT2D eigenvalue weighted by molar-refractivity contribution is 6.57. The lowest BCUT2D eigenvalue weighted by Crippen LogP contribution is -2.37. The van der Waals surface area contributed by atoms with Gasteiger partial charge in [0.15, 0.2) is 11.5 Å². The number of carbonyl (C=O) groups is 1. The lowest BCUT2D eigenvalue weighted by molar-refractivity contribution is 0.243. The van der Waals surface area contributed by atoms with Gasteiger partial charge in [0.25, 0.3) is 0 Å². The van der Waals surface area contributed by atoms with Gasteiger partial charge in [0.1, 0.15) is 17.6 Å². The van der Waals surface area contributed by atoms with Crippen LogP contribution in [-0.4, -0.2) is 55.6 Å². The van der Waals surface area contributed by atoms with Crippen molar-refractivity contribution >= 4 is 36.5 Å². The Hall–Kier alpha value is -3.89. The summed E-state index contributed by atoms with van der Waals surface area (Å²) in [6.45, 7) is 2.58. The van der Waals surface area contributed by atoms with Crippen LogP contribution in [0.2, 0.25) is 0 Å². The predicted molar refractivity (Wildman–Crippen MR) is 129 cm³/mol. The molecule has 1 aliphatic carbocycles. The van der Waals surface area contributed by atoms with E-state index in [9.17, 15) is 4.79 Å². The van der Waals surface area contributed by atoms with E-state index >= 15 is 0 Å². The van der Waals surface area contributed by atoms with Crippen LogP contribution in [-0.2, 0) is 0 Å². The molecule has 2 radical (unpaired) electrons. The van der Waals surface area contributed by atoms with Crippen molar-refractivity contribution in [1.82, 2.24) is 34.6 Å². The van der Waals surface area contributed by atoms with Crippen molar-refractivity contribution < 1.29 is 9.53 Å². The first-order chi connectivity index (χ1) is 16.6. The number of nitrogens with zero attached hydrogens (tertiary/aromatic N) is 6. The van der Waals surface area contributed by atoms with Crippen LogP contribution in [0.5, 0.6) is 5.75 Å². The normalized spacial score (nSPS) is 18.0. The van der Waals surface area contributed by atoms with Crippen molar-refractivity contribution in [2.24, 2.45) is 0 Å². The molecule has 0 unspecified atom stereocenters. The molecule has 0 bridgehead atoms. The highest BCUT2D eigenvalue weighted by Crippen LogP contribution is 2.29. The second kappa shape index (κ2) is 9.54. The smallest absolute Gasteiger partial charge is 0.229 e. The van der Waals surface area contributed by atoms with Crippen LogP contribution in [0.4, 0.5) is 16.4 Å². The molecular formula is C23H25BN8O2. The van der Waals surface area contributed by atoms with Crippen LogP contribution in [0.25, 0.3) is 16.9 Å². The van der Waals surface area contributed by atoms with Crippen molar-refractivity contribution in [3.8, 4) is 11.4 Å². The lowest BCUT2D eigenvalue weighted by Gasteiger charge is -2.29. The predicted octanol–water partition coefficient (Wildman–Crippen LogP) is 3.52. The summed E-state index contributed by atoms with van der Waals surface area (Å²) in [5, 5.41) is 10.6. The number of anilines is 2. The lowest BCUT2D eigenvalue weighted by atomic mass is 9.90. The molecule has 11 heteroatoms. The zero-order valence-corrected chi connectivity index (χ0v) is 18.9. The van der Waals surface area contributed by atoms with Crippen LogP contribution in [0.1, 0.15) is 38.6 Å². The summed E-state index contributed by atoms with van der Waals surface area (Å²) in [6, 6.07) is 8.22. The van der Waals surface area contributed by atoms with Crippen LogP contribution in [0, 0.1) is 0 Å². The fourth-order valence-electron chi connectivity index (χ4n) is 4.35. The molecule has 1 fully saturated rings. The average Bonchev–Trinajstić information content (AvgIpc) is 3.47. The van der Waals surface area contributed by atoms with Gasteiger partial charge in [0.05, 0.1) is 30.7 Å². The van der Waals surface area contributed by atoms with Gasteiger partial charge in [-0.15, -0.1) is 0 Å². The van der Waals surface area contributed by atoms with Crippen molar-refractivity contribution in [3.63, 3.8) is 0 Å². The Labute approximate surface area is 198 Å². The van der Waals surface area contributed by atoms with Gasteiger partial charge >= 0.3 is 0 Å². The Bertz CT molecular complexity index is 1280. The Morgan fingerprint density at radius 1 is 1.15 bits per heavy atom. The molecule has 3 aromatic heterocycles. The van der Waals surface area contributed by atoms with Crippen molar-refractivity contribution in [1.29, 1.82) is 0 Å². The summed E-state index contributed by atoms with van der Waals surface area (Å²) in [6.07, 6.45) is 10.8. The van der Waals surface area contributed by atoms with Gasteiger partial charge in [-0.05, 0) is 56.9 Å². The molecule has 5 rings (SSSR count). The van der Waals surface area contributed by atoms with Crippen LogP contribution in [0.3, 0.4) is 0 Å². The molecule has 1 aliphatic rings. The van der Waals surface area contributed by atoms with Gasteiger partial charge in [-0.3, -0.25) is 14.0 Å². The maximum Gasteiger partial charge on any atom is 0.229 e. The number of nitrogens with one attached hydrogen (secondary N) is 2. The third-order valence-electron chi connectivity index (χ3n) is 5.99. The SMILES string of the molecule is [B]C(=O)NC1CCC(n2cc(Nc3ncc4ncn(-c5ccc(OCC)cc5)c4n3)cn2)CC1. The number of hydrogen-bond acceptors (Lipinski definition) is 7. The number of carbonyl (C=O) groups excluding carboxylic acids is 1. The molecule has 4 aromatic rings. The first kappa shape index (κ1) is 21.9. The molecule has 1 aromatic carbocycles. The summed E-state index contributed by atoms with van der Waals surface area (Å²) in [4.78, 5) is 24.6. The van der Waals surface area contributed by atoms with Gasteiger partial charge in [-0.1, -0.05) is 0 Å². The maximum absolute atomic E-state index is 11.1. The zero-order chi connectivity index (χ0) is 23.5. The van der Waals surface area contributed by atoms with E-state index in [1.54, 1.807) is 18.7 Å². The zero-order valence-electron chi connectivity index (χ0n) is 18.9. The van der Waals surface area contributed by atoms with Crippen LogP contribution < -0.4 is 15.4 Å². The first-order valence-electron chi connectivity index (χ1n) is 11.4. The van der Waals surface area contributed by atoms with Gasteiger partial charge in [-0.25, -0.2) is 9.97 Å². The average molecular weight is 456 g/mol. The fraction of sp³-hybridized carbons (Fsp3) is 0.348. The summed E-state index contributed by atoms with van der Waals surface area (Å²) < 4.78 is 9.41. The van der Waals surface area contributed by atoms with Crippen LogP contribution >= 0.6 is 0 Å². The molecule has 0 aliphatic heterocycles. The Balaban J connectivity index is 1.29. The number of aromatic nitrogens is 6. The number of hydrogen-bond donors (Lipinski definition) is 2. The van der Waals surface area contributed by atoms with E-state index in [1.807, 2.05) is 46.6 Å². The molecular weight excluding hydrogens is 431 g/mol. The van der Waals surface area contributed by atoms with E-state index in [-0.39, 0.29) is 12.1 Å². The summed E-state index contributed by atoms with van der Waals surface area (Å²) in [5.74, 6) is 0.825. The number of benzene rings is 1. The van der Waals surface area contributed by atoms with Crippen LogP contribution in [0.15, 0.2) is 49.2 Å². The van der Waals surface area contributed by atoms with Gasteiger partial charge in [0.2, 0.25) is 13.8 Å². The minimum Gasteiger partial charge on any atom is -0.494 e. The highest BCUT2D eigenvalue weighted by atomic mass is 16.5. The van der Waals surface area contributed by atoms with E-state index < -0.39 is 5.81 Å². The molecule has 1 amide bonds. The first-order valence-corrected chi connectivity index (χ1v) is 11.4. The monoisotopic (exact) mass is 456 g/mol. The van der Waals surface area contributed by atoms with Crippen molar-refractivity contribution in [3.05, 3.63) is 49.2 Å². The molecule has 0 spiro atoms. The molecule has 172 valence electrons. The molecule has 3 heterocycles. The molecule has 10 nitrogen and oxygen atoms in total. The topological polar surface area (TPSA) is 112 Å². The Kier molecular flexibility index (Phi) is 6.15. The van der Waals surface area contributed by atoms with Crippen molar-refractivity contribution in [2.75, 3.05) is 11.9 Å². The van der Waals surface area contributed by atoms with E-state index in [0.717, 1.165) is 42.8 Å². The quantitative estimate of drug-likeness (QED) is 0.410. The molecule has 0 saturated heterocycles. The second-order valence-corrected chi connectivity index (χ2v) is 8.29. The molecule has 1 saturated carbocycles. The number of amides is 1. The number of ether oxygens (including phenoxy) is 1. The largest absolute Gasteiger partial charge is 0.494 e. The fourth-order valence-corrected chi connectivity index (χ4v) is 4.35. The van der Waals surface area contributed by atoms with Crippen molar-refractivity contribution in [2.45, 2.75) is 44.7 Å². The maximum atomic E-state index is 11.1. The summed E-state index contributed by atoms with van der Waals surface area (Å²) in [5.41, 5.74) is 3.15. The van der Waals surface area contributed by atoms with E-state index in [2.05, 4.69) is 30.7 Å². The summed E-state index contributed by atoms with van der Waals surface area (Å²) in [7, 11) is 5.23. The van der Waals surface area contributed by atoms with Gasteiger partial charge in [-0.2, -0.15) is 10.1 Å². The third kappa shape index (κ3) is 4.73. The standard InChI is InChI=1S/C23H25BN8O2/c1-2-34-19-9-7-17(8-10-19)31-14-26-20-12-25-23(30-21(20)31)29-16-11-27-32(13-16)18-5-3-15(4-6-18)28-22(24)33/h7-15,18H,2-6H2,1H3,(H,28,33)(H,25,29,30). The van der Waals surface area contributed by atoms with Gasteiger partial charge in [0, 0.05) is 17.9 Å². The summed E-state index contributed by atoms with van der Waals surface area (Å²) >= 11 is 0. The minimum absolute atomic E-state index is 0.141. The number of rotatable bonds is 7. The number of fused-ring (bicyclic) bond motifs is 1. The van der Waals surface area contributed by atoms with E-state index in [1.165, 1.54) is 0 Å². The third-order valence-corrected chi connectivity index (χ3v) is 5.99. The molecule has 34 heavy (non-hydrogen) atoms. The van der Waals surface area contributed by atoms with Gasteiger partial charge < -0.3 is 15.4 Å². The molecule has 0 atom stereocenters. The second-order valence-electron chi connectivity index (χ2n) is 8.29. The molecule has 2 N–H and O–H groups in total. The van der Waals surface area contributed by atoms with E-state index in [4.69, 9.17) is 12.6 Å². The van der Waals surface area contributed by atoms with E-state index in [0.29, 0.717) is 23.7 Å². The minimum atomic E-state index is -0.463. The highest BCUT2D eigenvalue weighted by Gasteiger charge is 2.23.